The number of ether oxygens (including phenoxy) is 1. The summed E-state index contributed by atoms with van der Waals surface area (Å²) in [4.78, 5) is 10.6. The van der Waals surface area contributed by atoms with Crippen LogP contribution in [0.1, 0.15) is 27.2 Å². The lowest BCUT2D eigenvalue weighted by Crippen LogP contribution is -2.23. The van der Waals surface area contributed by atoms with Crippen molar-refractivity contribution in [3.05, 3.63) is 12.2 Å². The summed E-state index contributed by atoms with van der Waals surface area (Å²) in [6.45, 7) is 5.83. The Kier molecular flexibility index (Phi) is 2.90. The Bertz CT molecular complexity index is 196. The molecule has 1 aliphatic rings. The highest BCUT2D eigenvalue weighted by Crippen LogP contribution is 2.25. The Balaban J connectivity index is 2.49. The van der Waals surface area contributed by atoms with E-state index < -0.39 is 0 Å². The number of hydrogen-bond acceptors (Lipinski definition) is 2. The van der Waals surface area contributed by atoms with Crippen LogP contribution in [0, 0.1) is 11.8 Å². The van der Waals surface area contributed by atoms with Crippen molar-refractivity contribution in [1.29, 1.82) is 0 Å². The molecule has 2 heteroatoms. The van der Waals surface area contributed by atoms with Gasteiger partial charge in [0.2, 0.25) is 0 Å². The van der Waals surface area contributed by atoms with Gasteiger partial charge in [0, 0.05) is 6.92 Å². The van der Waals surface area contributed by atoms with E-state index in [0.717, 1.165) is 6.42 Å². The van der Waals surface area contributed by atoms with Crippen molar-refractivity contribution in [3.63, 3.8) is 0 Å². The third kappa shape index (κ3) is 2.36. The van der Waals surface area contributed by atoms with Crippen LogP contribution in [0.25, 0.3) is 0 Å². The minimum absolute atomic E-state index is 0.00806. The summed E-state index contributed by atoms with van der Waals surface area (Å²) in [5.74, 6) is 1.03. The van der Waals surface area contributed by atoms with Crippen molar-refractivity contribution in [2.75, 3.05) is 0 Å². The van der Waals surface area contributed by atoms with Gasteiger partial charge in [0.05, 0.1) is 0 Å². The molecule has 0 saturated carbocycles. The first-order valence-electron chi connectivity index (χ1n) is 4.45. The Hall–Kier alpha value is -0.790. The predicted molar refractivity (Wildman–Crippen MR) is 47.6 cm³/mol. The lowest BCUT2D eigenvalue weighted by molar-refractivity contribution is -0.145. The van der Waals surface area contributed by atoms with E-state index in [0.29, 0.717) is 11.8 Å². The highest BCUT2D eigenvalue weighted by Gasteiger charge is 2.21. The Morgan fingerprint density at radius 3 is 2.58 bits per heavy atom. The summed E-state index contributed by atoms with van der Waals surface area (Å²) in [5, 5.41) is 0. The summed E-state index contributed by atoms with van der Waals surface area (Å²) < 4.78 is 5.08. The molecule has 2 nitrogen and oxygen atoms in total. The Labute approximate surface area is 73.6 Å². The smallest absolute Gasteiger partial charge is 0.303 e. The first-order chi connectivity index (χ1) is 5.59. The number of rotatable bonds is 1. The SMILES string of the molecule is CC(=O)OC1C=CC(C)C(C)C1. The Morgan fingerprint density at radius 1 is 1.42 bits per heavy atom. The van der Waals surface area contributed by atoms with E-state index in [4.69, 9.17) is 4.74 Å². The lowest BCUT2D eigenvalue weighted by Gasteiger charge is -2.26. The van der Waals surface area contributed by atoms with Gasteiger partial charge in [0.15, 0.2) is 0 Å². The van der Waals surface area contributed by atoms with Crippen LogP contribution in [0.15, 0.2) is 12.2 Å². The molecule has 0 radical (unpaired) electrons. The van der Waals surface area contributed by atoms with Gasteiger partial charge >= 0.3 is 5.97 Å². The van der Waals surface area contributed by atoms with Crippen LogP contribution < -0.4 is 0 Å². The molecule has 0 aromatic heterocycles. The minimum atomic E-state index is -0.189. The van der Waals surface area contributed by atoms with Gasteiger partial charge in [-0.25, -0.2) is 0 Å². The summed E-state index contributed by atoms with van der Waals surface area (Å²) in [6.07, 6.45) is 5.08. The number of esters is 1. The summed E-state index contributed by atoms with van der Waals surface area (Å²) in [6, 6.07) is 0. The van der Waals surface area contributed by atoms with Crippen molar-refractivity contribution in [1.82, 2.24) is 0 Å². The molecule has 0 aromatic carbocycles. The van der Waals surface area contributed by atoms with Crippen LogP contribution in [0.2, 0.25) is 0 Å². The molecule has 0 amide bonds. The topological polar surface area (TPSA) is 26.3 Å². The molecule has 3 atom stereocenters. The largest absolute Gasteiger partial charge is 0.458 e. The standard InChI is InChI=1S/C10H16O2/c1-7-4-5-10(6-8(7)2)12-9(3)11/h4-5,7-8,10H,6H2,1-3H3. The molecule has 1 rings (SSSR count). The molecule has 0 bridgehead atoms. The van der Waals surface area contributed by atoms with Gasteiger partial charge in [-0.2, -0.15) is 0 Å². The van der Waals surface area contributed by atoms with E-state index in [1.807, 2.05) is 6.08 Å². The summed E-state index contributed by atoms with van der Waals surface area (Å²) in [7, 11) is 0. The molecule has 0 saturated heterocycles. The lowest BCUT2D eigenvalue weighted by atomic mass is 9.85. The van der Waals surface area contributed by atoms with E-state index in [-0.39, 0.29) is 12.1 Å². The molecule has 12 heavy (non-hydrogen) atoms. The maximum absolute atomic E-state index is 10.6. The van der Waals surface area contributed by atoms with E-state index in [9.17, 15) is 4.79 Å². The van der Waals surface area contributed by atoms with Gasteiger partial charge in [0.1, 0.15) is 6.10 Å². The number of hydrogen-bond donors (Lipinski definition) is 0. The zero-order chi connectivity index (χ0) is 9.14. The summed E-state index contributed by atoms with van der Waals surface area (Å²) in [5.41, 5.74) is 0. The highest BCUT2D eigenvalue weighted by atomic mass is 16.5. The van der Waals surface area contributed by atoms with E-state index >= 15 is 0 Å². The van der Waals surface area contributed by atoms with Crippen LogP contribution in [0.4, 0.5) is 0 Å². The average molecular weight is 168 g/mol. The fraction of sp³-hybridized carbons (Fsp3) is 0.700. The minimum Gasteiger partial charge on any atom is -0.458 e. The predicted octanol–water partition coefficient (Wildman–Crippen LogP) is 2.15. The van der Waals surface area contributed by atoms with Gasteiger partial charge in [0.25, 0.3) is 0 Å². The number of allylic oxidation sites excluding steroid dienone is 1. The molecule has 0 spiro atoms. The Morgan fingerprint density at radius 2 is 2.08 bits per heavy atom. The fourth-order valence-corrected chi connectivity index (χ4v) is 1.45. The first-order valence-corrected chi connectivity index (χ1v) is 4.45. The van der Waals surface area contributed by atoms with Crippen molar-refractivity contribution in [2.24, 2.45) is 11.8 Å². The van der Waals surface area contributed by atoms with Crippen molar-refractivity contribution in [2.45, 2.75) is 33.3 Å². The second-order valence-corrected chi connectivity index (χ2v) is 3.60. The third-order valence-electron chi connectivity index (χ3n) is 2.45. The first kappa shape index (κ1) is 9.30. The molecule has 68 valence electrons. The summed E-state index contributed by atoms with van der Waals surface area (Å²) >= 11 is 0. The van der Waals surface area contributed by atoms with Gasteiger partial charge in [-0.3, -0.25) is 4.79 Å². The van der Waals surface area contributed by atoms with Gasteiger partial charge in [-0.1, -0.05) is 19.9 Å². The zero-order valence-electron chi connectivity index (χ0n) is 7.91. The van der Waals surface area contributed by atoms with E-state index in [2.05, 4.69) is 19.9 Å². The fourth-order valence-electron chi connectivity index (χ4n) is 1.45. The molecule has 0 heterocycles. The third-order valence-corrected chi connectivity index (χ3v) is 2.45. The molecule has 0 N–H and O–H groups in total. The van der Waals surface area contributed by atoms with Crippen LogP contribution in [0.3, 0.4) is 0 Å². The van der Waals surface area contributed by atoms with Gasteiger partial charge in [-0.05, 0) is 24.3 Å². The van der Waals surface area contributed by atoms with Crippen LogP contribution >= 0.6 is 0 Å². The normalized spacial score (nSPS) is 34.8. The molecular formula is C10H16O2. The quantitative estimate of drug-likeness (QED) is 0.443. The second kappa shape index (κ2) is 3.74. The molecular weight excluding hydrogens is 152 g/mol. The second-order valence-electron chi connectivity index (χ2n) is 3.60. The molecule has 1 aliphatic carbocycles. The monoisotopic (exact) mass is 168 g/mol. The van der Waals surface area contributed by atoms with E-state index in [1.165, 1.54) is 6.92 Å². The number of carbonyl (C=O) groups is 1. The zero-order valence-corrected chi connectivity index (χ0v) is 7.91. The molecule has 0 fully saturated rings. The highest BCUT2D eigenvalue weighted by molar-refractivity contribution is 5.66. The molecule has 3 unspecified atom stereocenters. The van der Waals surface area contributed by atoms with Crippen molar-refractivity contribution < 1.29 is 9.53 Å². The van der Waals surface area contributed by atoms with Crippen LogP contribution in [-0.2, 0) is 9.53 Å². The molecule has 0 aliphatic heterocycles. The van der Waals surface area contributed by atoms with E-state index in [1.54, 1.807) is 0 Å². The maximum atomic E-state index is 10.6. The van der Waals surface area contributed by atoms with Crippen LogP contribution in [0.5, 0.6) is 0 Å². The van der Waals surface area contributed by atoms with Crippen LogP contribution in [-0.4, -0.2) is 12.1 Å². The maximum Gasteiger partial charge on any atom is 0.303 e. The number of carbonyl (C=O) groups excluding carboxylic acids is 1. The van der Waals surface area contributed by atoms with Gasteiger partial charge < -0.3 is 4.74 Å². The average Bonchev–Trinajstić information content (AvgIpc) is 1.96. The molecule has 0 aromatic rings. The van der Waals surface area contributed by atoms with Crippen molar-refractivity contribution in [3.8, 4) is 0 Å². The van der Waals surface area contributed by atoms with Gasteiger partial charge in [-0.15, -0.1) is 0 Å². The van der Waals surface area contributed by atoms with Crippen molar-refractivity contribution >= 4 is 5.97 Å².